The Bertz CT molecular complexity index is 227. The molecule has 0 unspecified atom stereocenters. The number of pyridine rings is 1. The first-order chi connectivity index (χ1) is 5.36. The minimum absolute atomic E-state index is 0.553. The van der Waals surface area contributed by atoms with E-state index in [0.717, 1.165) is 11.4 Å². The molecule has 60 valence electrons. The molecule has 0 aromatic carbocycles. The molecule has 1 aromatic rings. The lowest BCUT2D eigenvalue weighted by Crippen LogP contribution is -2.21. The monoisotopic (exact) mass is 153 g/mol. The largest absolute Gasteiger partial charge is 0.497 e. The third-order valence-electron chi connectivity index (χ3n) is 1.31. The summed E-state index contributed by atoms with van der Waals surface area (Å²) in [5.41, 5.74) is 3.38. The van der Waals surface area contributed by atoms with Crippen molar-refractivity contribution in [3.63, 3.8) is 0 Å². The average Bonchev–Trinajstić information content (AvgIpc) is 2.06. The van der Waals surface area contributed by atoms with Gasteiger partial charge in [0, 0.05) is 12.3 Å². The molecule has 0 aliphatic rings. The second-order valence-electron chi connectivity index (χ2n) is 2.07. The highest BCUT2D eigenvalue weighted by molar-refractivity contribution is 5.22. The summed E-state index contributed by atoms with van der Waals surface area (Å²) in [6.07, 6.45) is 1.69. The number of methoxy groups -OCH3 is 1. The van der Waals surface area contributed by atoms with E-state index in [1.54, 1.807) is 19.4 Å². The molecule has 0 atom stereocenters. The maximum atomic E-state index is 5.12. The first kappa shape index (κ1) is 7.97. The van der Waals surface area contributed by atoms with E-state index in [2.05, 4.69) is 10.4 Å². The van der Waals surface area contributed by atoms with Gasteiger partial charge in [-0.1, -0.05) is 0 Å². The lowest BCUT2D eigenvalue weighted by molar-refractivity contribution is 0.413. The summed E-state index contributed by atoms with van der Waals surface area (Å²) >= 11 is 0. The highest BCUT2D eigenvalue weighted by atomic mass is 16.5. The summed E-state index contributed by atoms with van der Waals surface area (Å²) in [7, 11) is 1.62. The van der Waals surface area contributed by atoms with Gasteiger partial charge in [-0.05, 0) is 6.07 Å². The molecule has 1 rings (SSSR count). The number of rotatable bonds is 3. The van der Waals surface area contributed by atoms with Crippen molar-refractivity contribution in [1.82, 2.24) is 10.4 Å². The van der Waals surface area contributed by atoms with Gasteiger partial charge in [0.25, 0.3) is 0 Å². The Morgan fingerprint density at radius 3 is 3.18 bits per heavy atom. The van der Waals surface area contributed by atoms with Gasteiger partial charge in [0.1, 0.15) is 5.75 Å². The fourth-order valence-electron chi connectivity index (χ4n) is 0.784. The first-order valence-corrected chi connectivity index (χ1v) is 3.29. The molecule has 4 heteroatoms. The average molecular weight is 153 g/mol. The predicted molar refractivity (Wildman–Crippen MR) is 41.8 cm³/mol. The Labute approximate surface area is 65.4 Å². The van der Waals surface area contributed by atoms with Crippen LogP contribution in [0.4, 0.5) is 0 Å². The van der Waals surface area contributed by atoms with Gasteiger partial charge in [-0.3, -0.25) is 16.3 Å². The molecule has 0 radical (unpaired) electrons. The van der Waals surface area contributed by atoms with Crippen LogP contribution in [-0.4, -0.2) is 12.1 Å². The Balaban J connectivity index is 2.74. The number of hydrazine groups is 1. The zero-order valence-electron chi connectivity index (χ0n) is 6.37. The lowest BCUT2D eigenvalue weighted by Gasteiger charge is -2.01. The van der Waals surface area contributed by atoms with Crippen LogP contribution in [0.1, 0.15) is 5.69 Å². The lowest BCUT2D eigenvalue weighted by atomic mass is 10.3. The van der Waals surface area contributed by atoms with Crippen LogP contribution in [0.3, 0.4) is 0 Å². The third-order valence-corrected chi connectivity index (χ3v) is 1.31. The van der Waals surface area contributed by atoms with E-state index >= 15 is 0 Å². The van der Waals surface area contributed by atoms with Crippen LogP contribution < -0.4 is 16.0 Å². The van der Waals surface area contributed by atoms with Crippen LogP contribution >= 0.6 is 0 Å². The third kappa shape index (κ3) is 2.18. The first-order valence-electron chi connectivity index (χ1n) is 3.29. The minimum atomic E-state index is 0.553. The summed E-state index contributed by atoms with van der Waals surface area (Å²) in [4.78, 5) is 4.05. The second kappa shape index (κ2) is 3.90. The molecule has 0 bridgehead atoms. The van der Waals surface area contributed by atoms with Gasteiger partial charge in [-0.2, -0.15) is 0 Å². The molecular formula is C7H11N3O. The topological polar surface area (TPSA) is 60.2 Å². The number of hydrogen-bond donors (Lipinski definition) is 2. The summed E-state index contributed by atoms with van der Waals surface area (Å²) in [5.74, 6) is 5.92. The summed E-state index contributed by atoms with van der Waals surface area (Å²) in [6, 6.07) is 3.62. The molecule has 0 spiro atoms. The number of aromatic nitrogens is 1. The summed E-state index contributed by atoms with van der Waals surface area (Å²) in [6.45, 7) is 0.553. The molecule has 11 heavy (non-hydrogen) atoms. The number of nitrogens with one attached hydrogen (secondary N) is 1. The molecule has 0 amide bonds. The van der Waals surface area contributed by atoms with Gasteiger partial charge in [0.2, 0.25) is 0 Å². The van der Waals surface area contributed by atoms with Crippen molar-refractivity contribution in [2.75, 3.05) is 7.11 Å². The van der Waals surface area contributed by atoms with Crippen molar-refractivity contribution in [3.8, 4) is 5.75 Å². The number of ether oxygens (including phenoxy) is 1. The van der Waals surface area contributed by atoms with Crippen LogP contribution in [0.25, 0.3) is 0 Å². The van der Waals surface area contributed by atoms with Crippen LogP contribution in [0.2, 0.25) is 0 Å². The van der Waals surface area contributed by atoms with Crippen molar-refractivity contribution in [1.29, 1.82) is 0 Å². The fourth-order valence-corrected chi connectivity index (χ4v) is 0.784. The van der Waals surface area contributed by atoms with Crippen molar-refractivity contribution in [3.05, 3.63) is 24.0 Å². The van der Waals surface area contributed by atoms with E-state index in [0.29, 0.717) is 6.54 Å². The van der Waals surface area contributed by atoms with Crippen molar-refractivity contribution in [2.24, 2.45) is 5.84 Å². The molecule has 1 aromatic heterocycles. The number of hydrogen-bond acceptors (Lipinski definition) is 4. The quantitative estimate of drug-likeness (QED) is 0.476. The summed E-state index contributed by atoms with van der Waals surface area (Å²) in [5, 5.41) is 0. The van der Waals surface area contributed by atoms with E-state index in [1.165, 1.54) is 0 Å². The summed E-state index contributed by atoms with van der Waals surface area (Å²) < 4.78 is 4.99. The highest BCUT2D eigenvalue weighted by Crippen LogP contribution is 2.08. The SMILES string of the molecule is COc1ccnc(CNN)c1. The number of nitrogens with two attached hydrogens (primary N) is 1. The Kier molecular flexibility index (Phi) is 2.83. The van der Waals surface area contributed by atoms with E-state index in [9.17, 15) is 0 Å². The normalized spacial score (nSPS) is 9.64. The van der Waals surface area contributed by atoms with Crippen molar-refractivity contribution < 1.29 is 4.74 Å². The highest BCUT2D eigenvalue weighted by Gasteiger charge is 1.94. The van der Waals surface area contributed by atoms with E-state index in [4.69, 9.17) is 10.6 Å². The van der Waals surface area contributed by atoms with Gasteiger partial charge in [0.15, 0.2) is 0 Å². The van der Waals surface area contributed by atoms with Gasteiger partial charge in [-0.15, -0.1) is 0 Å². The molecule has 0 aliphatic heterocycles. The van der Waals surface area contributed by atoms with Gasteiger partial charge in [0.05, 0.1) is 19.3 Å². The van der Waals surface area contributed by atoms with Crippen LogP contribution in [0, 0.1) is 0 Å². The molecule has 0 fully saturated rings. The standard InChI is InChI=1S/C7H11N3O/c1-11-7-2-3-9-6(4-7)5-10-8/h2-4,10H,5,8H2,1H3. The Morgan fingerprint density at radius 2 is 2.55 bits per heavy atom. The van der Waals surface area contributed by atoms with Crippen molar-refractivity contribution in [2.45, 2.75) is 6.54 Å². The molecule has 0 saturated heterocycles. The van der Waals surface area contributed by atoms with Crippen molar-refractivity contribution >= 4 is 0 Å². The van der Waals surface area contributed by atoms with Crippen LogP contribution in [0.15, 0.2) is 18.3 Å². The fraction of sp³-hybridized carbons (Fsp3) is 0.286. The number of nitrogens with zero attached hydrogens (tertiary/aromatic N) is 1. The van der Waals surface area contributed by atoms with Gasteiger partial charge < -0.3 is 4.74 Å². The van der Waals surface area contributed by atoms with E-state index in [-0.39, 0.29) is 0 Å². The van der Waals surface area contributed by atoms with Gasteiger partial charge in [-0.25, -0.2) is 0 Å². The molecule has 0 aliphatic carbocycles. The zero-order valence-corrected chi connectivity index (χ0v) is 6.37. The smallest absolute Gasteiger partial charge is 0.122 e. The maximum absolute atomic E-state index is 5.12. The van der Waals surface area contributed by atoms with E-state index < -0.39 is 0 Å². The molecular weight excluding hydrogens is 142 g/mol. The molecule has 3 N–H and O–H groups in total. The molecule has 1 heterocycles. The zero-order chi connectivity index (χ0) is 8.10. The van der Waals surface area contributed by atoms with Crippen LogP contribution in [0.5, 0.6) is 5.75 Å². The second-order valence-corrected chi connectivity index (χ2v) is 2.07. The maximum Gasteiger partial charge on any atom is 0.122 e. The van der Waals surface area contributed by atoms with Crippen LogP contribution in [-0.2, 0) is 6.54 Å². The predicted octanol–water partition coefficient (Wildman–Crippen LogP) is 0.0535. The van der Waals surface area contributed by atoms with Gasteiger partial charge >= 0.3 is 0 Å². The van der Waals surface area contributed by atoms with E-state index in [1.807, 2.05) is 6.07 Å². The molecule has 0 saturated carbocycles. The molecule has 4 nitrogen and oxygen atoms in total. The Hall–Kier alpha value is -1.13. The minimum Gasteiger partial charge on any atom is -0.497 e. The Morgan fingerprint density at radius 1 is 1.73 bits per heavy atom.